The van der Waals surface area contributed by atoms with Crippen LogP contribution in [0.15, 0.2) is 29.2 Å². The van der Waals surface area contributed by atoms with Crippen molar-refractivity contribution >= 4 is 27.5 Å². The summed E-state index contributed by atoms with van der Waals surface area (Å²) in [6, 6.07) is 5.65. The molecule has 1 atom stereocenters. The Morgan fingerprint density at radius 3 is 2.65 bits per heavy atom. The average Bonchev–Trinajstić information content (AvgIpc) is 2.89. The summed E-state index contributed by atoms with van der Waals surface area (Å²) < 4.78 is 31.3. The molecule has 110 valence electrons. The van der Waals surface area contributed by atoms with Crippen LogP contribution in [0.25, 0.3) is 0 Å². The molecule has 2 rings (SSSR count). The van der Waals surface area contributed by atoms with E-state index < -0.39 is 15.9 Å². The van der Waals surface area contributed by atoms with Crippen LogP contribution in [0, 0.1) is 0 Å². The van der Waals surface area contributed by atoms with E-state index in [1.54, 1.807) is 0 Å². The summed E-state index contributed by atoms with van der Waals surface area (Å²) in [6.45, 7) is 0.718. The zero-order chi connectivity index (χ0) is 14.6. The highest BCUT2D eigenvalue weighted by Gasteiger charge is 2.20. The average molecular weight is 318 g/mol. The van der Waals surface area contributed by atoms with Crippen molar-refractivity contribution < 1.29 is 17.9 Å². The number of sulfonamides is 1. The minimum atomic E-state index is -3.82. The summed E-state index contributed by atoms with van der Waals surface area (Å²) in [7, 11) is -3.82. The normalized spacial score (nSPS) is 18.9. The summed E-state index contributed by atoms with van der Waals surface area (Å²) in [4.78, 5) is 11.7. The lowest BCUT2D eigenvalue weighted by molar-refractivity contribution is -0.119. The van der Waals surface area contributed by atoms with Crippen molar-refractivity contribution in [1.82, 2.24) is 4.72 Å². The molecule has 0 saturated carbocycles. The third kappa shape index (κ3) is 4.19. The molecule has 1 aliphatic rings. The largest absolute Gasteiger partial charge is 0.378 e. The van der Waals surface area contributed by atoms with Crippen LogP contribution in [0.4, 0.5) is 0 Å². The van der Waals surface area contributed by atoms with Gasteiger partial charge in [-0.25, -0.2) is 13.1 Å². The molecule has 1 N–H and O–H groups in total. The molecule has 0 unspecified atom stereocenters. The van der Waals surface area contributed by atoms with E-state index in [4.69, 9.17) is 16.3 Å². The van der Waals surface area contributed by atoms with Crippen LogP contribution < -0.4 is 4.72 Å². The number of carbonyl (C=O) groups excluding carboxylic acids is 1. The van der Waals surface area contributed by atoms with Crippen LogP contribution in [0.2, 0.25) is 5.02 Å². The second-order valence-electron chi connectivity index (χ2n) is 4.66. The molecule has 1 heterocycles. The summed E-state index contributed by atoms with van der Waals surface area (Å²) in [5.41, 5.74) is 0. The van der Waals surface area contributed by atoms with Crippen molar-refractivity contribution in [2.24, 2.45) is 0 Å². The maximum atomic E-state index is 11.9. The maximum absolute atomic E-state index is 11.9. The molecular weight excluding hydrogens is 302 g/mol. The predicted molar refractivity (Wildman–Crippen MR) is 75.0 cm³/mol. The van der Waals surface area contributed by atoms with Gasteiger partial charge in [-0.2, -0.15) is 0 Å². The fourth-order valence-electron chi connectivity index (χ4n) is 2.04. The van der Waals surface area contributed by atoms with Gasteiger partial charge in [0.25, 0.3) is 10.0 Å². The minimum Gasteiger partial charge on any atom is -0.378 e. The molecule has 1 aliphatic heterocycles. The van der Waals surface area contributed by atoms with E-state index in [1.807, 2.05) is 0 Å². The molecule has 7 heteroatoms. The molecule has 0 bridgehead atoms. The van der Waals surface area contributed by atoms with Gasteiger partial charge in [-0.3, -0.25) is 4.79 Å². The lowest BCUT2D eigenvalue weighted by Gasteiger charge is -2.10. The lowest BCUT2D eigenvalue weighted by Crippen LogP contribution is -2.31. The summed E-state index contributed by atoms with van der Waals surface area (Å²) >= 11 is 5.69. The molecule has 1 aromatic carbocycles. The van der Waals surface area contributed by atoms with Crippen molar-refractivity contribution in [3.05, 3.63) is 29.3 Å². The Hall–Kier alpha value is -1.11. The van der Waals surface area contributed by atoms with E-state index in [-0.39, 0.29) is 17.4 Å². The molecule has 1 fully saturated rings. The van der Waals surface area contributed by atoms with Gasteiger partial charge in [-0.15, -0.1) is 0 Å². The number of rotatable bonds is 5. The van der Waals surface area contributed by atoms with Gasteiger partial charge in [-0.05, 0) is 43.5 Å². The van der Waals surface area contributed by atoms with Gasteiger partial charge in [0, 0.05) is 18.1 Å². The highest BCUT2D eigenvalue weighted by molar-refractivity contribution is 7.90. The van der Waals surface area contributed by atoms with Gasteiger partial charge in [0.1, 0.15) is 0 Å². The number of nitrogens with one attached hydrogen (secondary N) is 1. The Morgan fingerprint density at radius 1 is 1.35 bits per heavy atom. The Balaban J connectivity index is 1.90. The Labute approximate surface area is 123 Å². The second-order valence-corrected chi connectivity index (χ2v) is 6.78. The number of amides is 1. The van der Waals surface area contributed by atoms with E-state index in [1.165, 1.54) is 24.3 Å². The van der Waals surface area contributed by atoms with Gasteiger partial charge >= 0.3 is 0 Å². The molecule has 0 spiro atoms. The number of ether oxygens (including phenoxy) is 1. The molecule has 1 amide bonds. The standard InChI is InChI=1S/C13H16ClNO4S/c14-10-3-6-12(7-4-10)20(17,18)15-13(16)8-5-11-2-1-9-19-11/h3-4,6-7,11H,1-2,5,8-9H2,(H,15,16)/t11-/m0/s1. The summed E-state index contributed by atoms with van der Waals surface area (Å²) in [5.74, 6) is -0.518. The number of benzene rings is 1. The second kappa shape index (κ2) is 6.56. The zero-order valence-corrected chi connectivity index (χ0v) is 12.4. The quantitative estimate of drug-likeness (QED) is 0.902. The monoisotopic (exact) mass is 317 g/mol. The fourth-order valence-corrected chi connectivity index (χ4v) is 3.18. The van der Waals surface area contributed by atoms with E-state index in [2.05, 4.69) is 4.72 Å². The molecule has 20 heavy (non-hydrogen) atoms. The van der Waals surface area contributed by atoms with Crippen LogP contribution in [0.5, 0.6) is 0 Å². The first-order valence-electron chi connectivity index (χ1n) is 6.40. The van der Waals surface area contributed by atoms with Gasteiger partial charge in [0.05, 0.1) is 11.0 Å². The number of carbonyl (C=O) groups is 1. The molecular formula is C13H16ClNO4S. The zero-order valence-electron chi connectivity index (χ0n) is 10.8. The van der Waals surface area contributed by atoms with Gasteiger partial charge in [0.15, 0.2) is 0 Å². The molecule has 0 aliphatic carbocycles. The van der Waals surface area contributed by atoms with E-state index in [9.17, 15) is 13.2 Å². The van der Waals surface area contributed by atoms with Gasteiger partial charge in [0.2, 0.25) is 5.91 Å². The topological polar surface area (TPSA) is 72.5 Å². The summed E-state index contributed by atoms with van der Waals surface area (Å²) in [6.07, 6.45) is 2.67. The first kappa shape index (κ1) is 15.3. The first-order chi connectivity index (χ1) is 9.47. The van der Waals surface area contributed by atoms with Crippen molar-refractivity contribution in [2.45, 2.75) is 36.7 Å². The van der Waals surface area contributed by atoms with Crippen LogP contribution >= 0.6 is 11.6 Å². The van der Waals surface area contributed by atoms with Crippen LogP contribution in [0.1, 0.15) is 25.7 Å². The summed E-state index contributed by atoms with van der Waals surface area (Å²) in [5, 5.41) is 0.439. The first-order valence-corrected chi connectivity index (χ1v) is 8.26. The SMILES string of the molecule is O=C(CC[C@@H]1CCCO1)NS(=O)(=O)c1ccc(Cl)cc1. The molecule has 1 aromatic rings. The highest BCUT2D eigenvalue weighted by atomic mass is 35.5. The van der Waals surface area contributed by atoms with Crippen molar-refractivity contribution in [2.75, 3.05) is 6.61 Å². The van der Waals surface area contributed by atoms with E-state index >= 15 is 0 Å². The van der Waals surface area contributed by atoms with Crippen LogP contribution in [0.3, 0.4) is 0 Å². The van der Waals surface area contributed by atoms with Crippen molar-refractivity contribution in [1.29, 1.82) is 0 Å². The third-order valence-corrected chi connectivity index (χ3v) is 4.73. The van der Waals surface area contributed by atoms with E-state index in [0.29, 0.717) is 11.4 Å². The number of hydrogen-bond acceptors (Lipinski definition) is 4. The van der Waals surface area contributed by atoms with Gasteiger partial charge < -0.3 is 4.74 Å². The highest BCUT2D eigenvalue weighted by Crippen LogP contribution is 2.17. The van der Waals surface area contributed by atoms with Crippen molar-refractivity contribution in [3.63, 3.8) is 0 Å². The molecule has 1 saturated heterocycles. The molecule has 5 nitrogen and oxygen atoms in total. The molecule has 0 radical (unpaired) electrons. The number of halogens is 1. The lowest BCUT2D eigenvalue weighted by atomic mass is 10.1. The molecule has 0 aromatic heterocycles. The maximum Gasteiger partial charge on any atom is 0.264 e. The number of hydrogen-bond donors (Lipinski definition) is 1. The third-order valence-electron chi connectivity index (χ3n) is 3.09. The van der Waals surface area contributed by atoms with Crippen LogP contribution in [-0.2, 0) is 19.6 Å². The minimum absolute atomic E-state index is 0.0207. The fraction of sp³-hybridized carbons (Fsp3) is 0.462. The van der Waals surface area contributed by atoms with Gasteiger partial charge in [-0.1, -0.05) is 11.6 Å². The smallest absolute Gasteiger partial charge is 0.264 e. The Kier molecular flexibility index (Phi) is 5.01. The predicted octanol–water partition coefficient (Wildman–Crippen LogP) is 2.10. The Morgan fingerprint density at radius 2 is 2.05 bits per heavy atom. The van der Waals surface area contributed by atoms with E-state index in [0.717, 1.165) is 19.4 Å². The van der Waals surface area contributed by atoms with Crippen LogP contribution in [-0.4, -0.2) is 27.0 Å². The Bertz CT molecular complexity index is 565. The van der Waals surface area contributed by atoms with Crippen molar-refractivity contribution in [3.8, 4) is 0 Å².